The highest BCUT2D eigenvalue weighted by Gasteiger charge is 2.06. The summed E-state index contributed by atoms with van der Waals surface area (Å²) in [5, 5.41) is 12.3. The van der Waals surface area contributed by atoms with Gasteiger partial charge in [-0.15, -0.1) is 0 Å². The van der Waals surface area contributed by atoms with Crippen molar-refractivity contribution in [1.29, 1.82) is 5.26 Å². The molecule has 0 amide bonds. The number of para-hydroxylation sites is 1. The molecule has 3 rings (SSSR count). The van der Waals surface area contributed by atoms with Gasteiger partial charge in [-0.05, 0) is 55.0 Å². The van der Waals surface area contributed by atoms with Crippen LogP contribution in [0.15, 0.2) is 66.9 Å². The van der Waals surface area contributed by atoms with Crippen molar-refractivity contribution in [3.63, 3.8) is 0 Å². The molecule has 1 heterocycles. The normalized spacial score (nSPS) is 9.91. The second-order valence-electron chi connectivity index (χ2n) is 5.03. The van der Waals surface area contributed by atoms with E-state index in [0.717, 1.165) is 22.7 Å². The average molecular weight is 301 g/mol. The summed E-state index contributed by atoms with van der Waals surface area (Å²) in [5.74, 6) is 2.11. The van der Waals surface area contributed by atoms with Crippen LogP contribution in [0.4, 0.5) is 11.5 Å². The number of ether oxygens (including phenoxy) is 1. The molecule has 4 heteroatoms. The minimum Gasteiger partial charge on any atom is -0.457 e. The fourth-order valence-electron chi connectivity index (χ4n) is 2.19. The number of aryl methyl sites for hydroxylation is 1. The molecule has 0 aliphatic heterocycles. The Balaban J connectivity index is 1.81. The molecule has 23 heavy (non-hydrogen) atoms. The van der Waals surface area contributed by atoms with E-state index in [1.54, 1.807) is 18.3 Å². The molecule has 0 spiro atoms. The monoisotopic (exact) mass is 301 g/mol. The Morgan fingerprint density at radius 3 is 2.57 bits per heavy atom. The third kappa shape index (κ3) is 3.47. The fraction of sp³-hybridized carbons (Fsp3) is 0.0526. The third-order valence-corrected chi connectivity index (χ3v) is 3.36. The van der Waals surface area contributed by atoms with Crippen LogP contribution >= 0.6 is 0 Å². The summed E-state index contributed by atoms with van der Waals surface area (Å²) in [5.41, 5.74) is 2.41. The summed E-state index contributed by atoms with van der Waals surface area (Å²) in [6.45, 7) is 1.98. The van der Waals surface area contributed by atoms with Gasteiger partial charge in [-0.2, -0.15) is 5.26 Å². The molecule has 1 aromatic heterocycles. The zero-order chi connectivity index (χ0) is 16.1. The SMILES string of the molecule is Cc1cc(Oc2ccccc2)ccc1Nc1ncccc1C#N. The van der Waals surface area contributed by atoms with E-state index >= 15 is 0 Å². The maximum atomic E-state index is 9.12. The van der Waals surface area contributed by atoms with E-state index in [1.165, 1.54) is 0 Å². The highest BCUT2D eigenvalue weighted by atomic mass is 16.5. The standard InChI is InChI=1S/C19H15N3O/c1-14-12-17(23-16-7-3-2-4-8-16)9-10-18(14)22-19-15(13-20)6-5-11-21-19/h2-12H,1H3,(H,21,22). The van der Waals surface area contributed by atoms with Gasteiger partial charge in [0.2, 0.25) is 0 Å². The second kappa shape index (κ2) is 6.63. The molecule has 0 radical (unpaired) electrons. The first kappa shape index (κ1) is 14.6. The van der Waals surface area contributed by atoms with Crippen LogP contribution in [0.1, 0.15) is 11.1 Å². The van der Waals surface area contributed by atoms with Gasteiger partial charge in [0.05, 0.1) is 5.56 Å². The number of anilines is 2. The maximum absolute atomic E-state index is 9.12. The van der Waals surface area contributed by atoms with Crippen LogP contribution in [-0.2, 0) is 0 Å². The van der Waals surface area contributed by atoms with Crippen molar-refractivity contribution >= 4 is 11.5 Å². The molecule has 1 N–H and O–H groups in total. The number of benzene rings is 2. The fourth-order valence-corrected chi connectivity index (χ4v) is 2.19. The van der Waals surface area contributed by atoms with E-state index in [0.29, 0.717) is 11.4 Å². The Labute approximate surface area is 135 Å². The lowest BCUT2D eigenvalue weighted by atomic mass is 10.2. The highest BCUT2D eigenvalue weighted by molar-refractivity contribution is 5.66. The van der Waals surface area contributed by atoms with E-state index in [9.17, 15) is 0 Å². The minimum atomic E-state index is 0.511. The second-order valence-corrected chi connectivity index (χ2v) is 5.03. The smallest absolute Gasteiger partial charge is 0.148 e. The predicted molar refractivity (Wildman–Crippen MR) is 89.9 cm³/mol. The van der Waals surface area contributed by atoms with Gasteiger partial charge in [-0.25, -0.2) is 4.98 Å². The Bertz CT molecular complexity index is 854. The minimum absolute atomic E-state index is 0.511. The first-order valence-corrected chi connectivity index (χ1v) is 7.22. The molecular weight excluding hydrogens is 286 g/mol. The van der Waals surface area contributed by atoms with E-state index in [-0.39, 0.29) is 0 Å². The van der Waals surface area contributed by atoms with Gasteiger partial charge in [0, 0.05) is 11.9 Å². The first-order chi connectivity index (χ1) is 11.3. The lowest BCUT2D eigenvalue weighted by molar-refractivity contribution is 0.482. The molecule has 0 saturated carbocycles. The van der Waals surface area contributed by atoms with Crippen LogP contribution in [0.5, 0.6) is 11.5 Å². The van der Waals surface area contributed by atoms with Crippen molar-refractivity contribution in [3.8, 4) is 17.6 Å². The lowest BCUT2D eigenvalue weighted by Gasteiger charge is -2.12. The van der Waals surface area contributed by atoms with Gasteiger partial charge < -0.3 is 10.1 Å². The van der Waals surface area contributed by atoms with E-state index in [4.69, 9.17) is 10.00 Å². The predicted octanol–water partition coefficient (Wildman–Crippen LogP) is 4.80. The Morgan fingerprint density at radius 2 is 1.83 bits per heavy atom. The quantitative estimate of drug-likeness (QED) is 0.752. The van der Waals surface area contributed by atoms with Crippen LogP contribution in [0.2, 0.25) is 0 Å². The lowest BCUT2D eigenvalue weighted by Crippen LogP contribution is -1.98. The van der Waals surface area contributed by atoms with Gasteiger partial charge in [0.1, 0.15) is 23.4 Å². The van der Waals surface area contributed by atoms with Crippen molar-refractivity contribution in [3.05, 3.63) is 78.0 Å². The topological polar surface area (TPSA) is 57.9 Å². The summed E-state index contributed by atoms with van der Waals surface area (Å²) in [6.07, 6.45) is 1.66. The van der Waals surface area contributed by atoms with Crippen LogP contribution < -0.4 is 10.1 Å². The molecule has 0 unspecified atom stereocenters. The van der Waals surface area contributed by atoms with Gasteiger partial charge in [-0.3, -0.25) is 0 Å². The van der Waals surface area contributed by atoms with Gasteiger partial charge in [0.15, 0.2) is 0 Å². The highest BCUT2D eigenvalue weighted by Crippen LogP contribution is 2.28. The Morgan fingerprint density at radius 1 is 1.00 bits per heavy atom. The molecule has 0 saturated heterocycles. The zero-order valence-electron chi connectivity index (χ0n) is 12.7. The summed E-state index contributed by atoms with van der Waals surface area (Å²) in [7, 11) is 0. The largest absolute Gasteiger partial charge is 0.457 e. The van der Waals surface area contributed by atoms with Crippen LogP contribution in [0.25, 0.3) is 0 Å². The number of nitrogens with one attached hydrogen (secondary N) is 1. The molecule has 0 aliphatic carbocycles. The van der Waals surface area contributed by atoms with E-state index < -0.39 is 0 Å². The van der Waals surface area contributed by atoms with Crippen molar-refractivity contribution in [1.82, 2.24) is 4.98 Å². The number of pyridine rings is 1. The number of nitriles is 1. The summed E-state index contributed by atoms with van der Waals surface area (Å²) in [4.78, 5) is 4.21. The van der Waals surface area contributed by atoms with Crippen molar-refractivity contribution in [2.45, 2.75) is 6.92 Å². The van der Waals surface area contributed by atoms with Crippen LogP contribution in [-0.4, -0.2) is 4.98 Å². The van der Waals surface area contributed by atoms with Gasteiger partial charge >= 0.3 is 0 Å². The average Bonchev–Trinajstić information content (AvgIpc) is 2.59. The number of nitrogens with zero attached hydrogens (tertiary/aromatic N) is 2. The molecule has 0 bridgehead atoms. The first-order valence-electron chi connectivity index (χ1n) is 7.22. The van der Waals surface area contributed by atoms with Crippen LogP contribution in [0, 0.1) is 18.3 Å². The van der Waals surface area contributed by atoms with Crippen molar-refractivity contribution in [2.24, 2.45) is 0 Å². The summed E-state index contributed by atoms with van der Waals surface area (Å²) in [6, 6.07) is 21.0. The van der Waals surface area contributed by atoms with E-state index in [1.807, 2.05) is 55.5 Å². The molecule has 3 aromatic rings. The van der Waals surface area contributed by atoms with Crippen molar-refractivity contribution in [2.75, 3.05) is 5.32 Å². The van der Waals surface area contributed by atoms with E-state index in [2.05, 4.69) is 16.4 Å². The zero-order valence-corrected chi connectivity index (χ0v) is 12.7. The molecule has 2 aromatic carbocycles. The third-order valence-electron chi connectivity index (χ3n) is 3.36. The van der Waals surface area contributed by atoms with Crippen molar-refractivity contribution < 1.29 is 4.74 Å². The Hall–Kier alpha value is -3.32. The number of hydrogen-bond donors (Lipinski definition) is 1. The molecule has 0 fully saturated rings. The molecule has 4 nitrogen and oxygen atoms in total. The summed E-state index contributed by atoms with van der Waals surface area (Å²) < 4.78 is 5.81. The Kier molecular flexibility index (Phi) is 4.21. The number of hydrogen-bond acceptors (Lipinski definition) is 4. The summed E-state index contributed by atoms with van der Waals surface area (Å²) >= 11 is 0. The number of rotatable bonds is 4. The number of aromatic nitrogens is 1. The van der Waals surface area contributed by atoms with Gasteiger partial charge in [0.25, 0.3) is 0 Å². The van der Waals surface area contributed by atoms with Crippen LogP contribution in [0.3, 0.4) is 0 Å². The molecule has 0 aliphatic rings. The maximum Gasteiger partial charge on any atom is 0.148 e. The molecule has 112 valence electrons. The van der Waals surface area contributed by atoms with Gasteiger partial charge in [-0.1, -0.05) is 18.2 Å². The molecular formula is C19H15N3O. The molecule has 0 atom stereocenters.